The van der Waals surface area contributed by atoms with E-state index in [9.17, 15) is 9.96 Å². The third-order valence-corrected chi connectivity index (χ3v) is 8.17. The Hall–Kier alpha value is -2.52. The molecule has 142 valence electrons. The Labute approximate surface area is 161 Å². The second kappa shape index (κ2) is 8.45. The minimum Gasteiger partial charge on any atom is -0.466 e. The van der Waals surface area contributed by atoms with Crippen molar-refractivity contribution >= 4 is 24.7 Å². The lowest BCUT2D eigenvalue weighted by atomic mass is 10.3. The molecule has 3 rings (SSSR count). The lowest BCUT2D eigenvalue weighted by Gasteiger charge is -2.38. The van der Waals surface area contributed by atoms with Crippen LogP contribution < -0.4 is 9.34 Å². The van der Waals surface area contributed by atoms with E-state index < -0.39 is 7.36 Å². The second-order valence-electron chi connectivity index (χ2n) is 6.28. The fourth-order valence-corrected chi connectivity index (χ4v) is 6.75. The molecule has 0 bridgehead atoms. The van der Waals surface area contributed by atoms with Gasteiger partial charge in [-0.1, -0.05) is 42.5 Å². The summed E-state index contributed by atoms with van der Waals surface area (Å²) in [5.41, 5.74) is 2.03. The van der Waals surface area contributed by atoms with Crippen LogP contribution in [0.3, 0.4) is 0 Å². The molecule has 0 radical (unpaired) electrons. The monoisotopic (exact) mass is 383 g/mol. The Kier molecular flexibility index (Phi) is 6.02. The molecule has 0 aromatic heterocycles. The molecule has 0 atom stereocenters. The van der Waals surface area contributed by atoms with Crippen LogP contribution in [0.25, 0.3) is 0 Å². The third-order valence-electron chi connectivity index (χ3n) is 4.70. The lowest BCUT2D eigenvalue weighted by Crippen LogP contribution is -2.21. The molecule has 1 heterocycles. The minimum atomic E-state index is -2.69. The first-order valence-corrected chi connectivity index (χ1v) is 10.9. The van der Waals surface area contributed by atoms with E-state index in [1.807, 2.05) is 73.7 Å². The van der Waals surface area contributed by atoms with Crippen molar-refractivity contribution in [2.45, 2.75) is 20.3 Å². The van der Waals surface area contributed by atoms with Crippen LogP contribution in [0, 0.1) is 5.16 Å². The summed E-state index contributed by atoms with van der Waals surface area (Å²) in [6.45, 7) is 5.56. The molecule has 0 spiro atoms. The van der Waals surface area contributed by atoms with Crippen molar-refractivity contribution in [2.75, 3.05) is 29.0 Å². The van der Waals surface area contributed by atoms with Crippen LogP contribution in [0.5, 0.6) is 0 Å². The number of para-hydroxylation sites is 2. The lowest BCUT2D eigenvalue weighted by molar-refractivity contribution is -0.142. The molecule has 2 aromatic carbocycles. The number of ether oxygens (including phenoxy) is 1. The van der Waals surface area contributed by atoms with Gasteiger partial charge in [-0.2, -0.15) is 0 Å². The first-order valence-electron chi connectivity index (χ1n) is 9.23. The van der Waals surface area contributed by atoms with Gasteiger partial charge in [0.05, 0.1) is 13.0 Å². The fraction of sp³-hybridized carbons (Fsp3) is 0.286. The van der Waals surface area contributed by atoms with Crippen LogP contribution in [0.4, 0.5) is 11.4 Å². The zero-order valence-electron chi connectivity index (χ0n) is 15.8. The number of hydrogen-bond acceptors (Lipinski definition) is 3. The van der Waals surface area contributed by atoms with Gasteiger partial charge in [-0.25, -0.2) is 0 Å². The van der Waals surface area contributed by atoms with Crippen LogP contribution in [0.15, 0.2) is 72.1 Å². The van der Waals surface area contributed by atoms with E-state index in [-0.39, 0.29) is 12.4 Å². The summed E-state index contributed by atoms with van der Waals surface area (Å²) in [6, 6.07) is 20.1. The van der Waals surface area contributed by atoms with E-state index in [0.29, 0.717) is 6.61 Å². The van der Waals surface area contributed by atoms with Crippen molar-refractivity contribution < 1.29 is 9.53 Å². The number of rotatable bonds is 6. The van der Waals surface area contributed by atoms with Crippen molar-refractivity contribution in [1.29, 1.82) is 5.16 Å². The highest BCUT2D eigenvalue weighted by Gasteiger charge is 2.42. The third kappa shape index (κ3) is 3.79. The number of allylic oxidation sites excluding steroid dienone is 1. The number of benzene rings is 2. The van der Waals surface area contributed by atoms with Gasteiger partial charge >= 0.3 is 5.97 Å². The molecule has 1 N–H and O–H groups in total. The predicted molar refractivity (Wildman–Crippen MR) is 112 cm³/mol. The first-order chi connectivity index (χ1) is 13.1. The summed E-state index contributed by atoms with van der Waals surface area (Å²) in [4.78, 5) is 12.2. The molecule has 6 heteroatoms. The highest BCUT2D eigenvalue weighted by molar-refractivity contribution is 7.72. The maximum Gasteiger partial charge on any atom is 0.310 e. The van der Waals surface area contributed by atoms with E-state index in [0.717, 1.165) is 29.8 Å². The van der Waals surface area contributed by atoms with Crippen LogP contribution in [-0.4, -0.2) is 25.7 Å². The Bertz CT molecular complexity index is 801. The summed E-state index contributed by atoms with van der Waals surface area (Å²) >= 11 is 0. The van der Waals surface area contributed by atoms with E-state index in [2.05, 4.69) is 9.34 Å². The minimum absolute atomic E-state index is 0.147. The maximum atomic E-state index is 12.2. The van der Waals surface area contributed by atoms with Crippen LogP contribution >= 0.6 is 7.36 Å². The molecule has 0 saturated carbocycles. The Morgan fingerprint density at radius 1 is 1.04 bits per heavy atom. The average Bonchev–Trinajstić information content (AvgIpc) is 3.05. The predicted octanol–water partition coefficient (Wildman–Crippen LogP) is 5.48. The molecule has 0 amide bonds. The van der Waals surface area contributed by atoms with Gasteiger partial charge < -0.3 is 14.1 Å². The molecule has 2 aromatic rings. The van der Waals surface area contributed by atoms with E-state index in [1.165, 1.54) is 0 Å². The molecule has 1 aliphatic heterocycles. The molecule has 1 aliphatic rings. The van der Waals surface area contributed by atoms with Gasteiger partial charge in [0.1, 0.15) is 0 Å². The molecule has 0 aliphatic carbocycles. The summed E-state index contributed by atoms with van der Waals surface area (Å²) in [5, 5.41) is 10.5. The van der Waals surface area contributed by atoms with Crippen LogP contribution in [-0.2, 0) is 9.53 Å². The van der Waals surface area contributed by atoms with Crippen molar-refractivity contribution in [2.24, 2.45) is 0 Å². The van der Waals surface area contributed by atoms with Gasteiger partial charge in [0, 0.05) is 29.8 Å². The Morgan fingerprint density at radius 2 is 1.52 bits per heavy atom. The highest BCUT2D eigenvalue weighted by Crippen LogP contribution is 2.66. The normalized spacial score (nSPS) is 16.4. The number of anilines is 2. The van der Waals surface area contributed by atoms with E-state index in [1.54, 1.807) is 6.92 Å². The average molecular weight is 383 g/mol. The number of nitrogens with one attached hydrogen (secondary N) is 1. The molecule has 5 nitrogen and oxygen atoms in total. The second-order valence-corrected chi connectivity index (χ2v) is 9.02. The molecule has 0 unspecified atom stereocenters. The molecular formula is C21H26N3O2P. The van der Waals surface area contributed by atoms with E-state index in [4.69, 9.17) is 4.74 Å². The molecule has 27 heavy (non-hydrogen) atoms. The van der Waals surface area contributed by atoms with Crippen LogP contribution in [0.1, 0.15) is 20.3 Å². The smallest absolute Gasteiger partial charge is 0.310 e. The largest absolute Gasteiger partial charge is 0.466 e. The number of esters is 1. The number of carbonyl (C=O) groups is 1. The summed E-state index contributed by atoms with van der Waals surface area (Å²) < 4.78 is 9.50. The number of hydrogen-bond donors (Lipinski definition) is 1. The van der Waals surface area contributed by atoms with Gasteiger partial charge in [-0.05, 0) is 38.1 Å². The SMILES string of the molecule is C/C=C(\CC(=O)OCC)P1(=N)N(c2ccccc2)CCN1c1ccccc1. The fourth-order valence-electron chi connectivity index (χ4n) is 3.46. The number of carbonyl (C=O) groups excluding carboxylic acids is 1. The summed E-state index contributed by atoms with van der Waals surface area (Å²) in [7, 11) is -2.69. The van der Waals surface area contributed by atoms with Gasteiger partial charge in [0.25, 0.3) is 0 Å². The zero-order chi connectivity index (χ0) is 19.3. The zero-order valence-corrected chi connectivity index (χ0v) is 16.7. The van der Waals surface area contributed by atoms with Gasteiger partial charge in [-0.15, -0.1) is 0 Å². The van der Waals surface area contributed by atoms with Crippen LogP contribution in [0.2, 0.25) is 0 Å². The van der Waals surface area contributed by atoms with Crippen molar-refractivity contribution in [3.05, 3.63) is 72.1 Å². The van der Waals surface area contributed by atoms with Crippen molar-refractivity contribution in [1.82, 2.24) is 0 Å². The number of nitrogens with zero attached hydrogens (tertiary/aromatic N) is 2. The van der Waals surface area contributed by atoms with Gasteiger partial charge in [0.15, 0.2) is 7.36 Å². The van der Waals surface area contributed by atoms with E-state index >= 15 is 0 Å². The first kappa shape index (κ1) is 19.2. The maximum absolute atomic E-state index is 12.2. The Morgan fingerprint density at radius 3 is 1.93 bits per heavy atom. The van der Waals surface area contributed by atoms with Crippen molar-refractivity contribution in [3.8, 4) is 0 Å². The highest BCUT2D eigenvalue weighted by atomic mass is 31.2. The van der Waals surface area contributed by atoms with Gasteiger partial charge in [0.2, 0.25) is 0 Å². The van der Waals surface area contributed by atoms with Crippen molar-refractivity contribution in [3.63, 3.8) is 0 Å². The summed E-state index contributed by atoms with van der Waals surface area (Å²) in [5.74, 6) is -0.273. The standard InChI is InChI=1S/C21H26N3O2P/c1-3-20(17-21(25)26-4-2)27(22)23(18-11-7-5-8-12-18)15-16-24(27)19-13-9-6-10-14-19/h3,5-14,22H,4,15-17H2,1-2H3/b20-3+. The molecule has 1 fully saturated rings. The molecule has 1 saturated heterocycles. The molecular weight excluding hydrogens is 357 g/mol. The quantitative estimate of drug-likeness (QED) is 0.530. The topological polar surface area (TPSA) is 56.6 Å². The Balaban J connectivity index is 2.06. The van der Waals surface area contributed by atoms with Gasteiger partial charge in [-0.3, -0.25) is 9.96 Å². The summed E-state index contributed by atoms with van der Waals surface area (Å²) in [6.07, 6.45) is 2.07.